The van der Waals surface area contributed by atoms with Crippen molar-refractivity contribution in [3.05, 3.63) is 106 Å². The summed E-state index contributed by atoms with van der Waals surface area (Å²) in [7, 11) is 0. The number of hydrogen-bond donors (Lipinski definition) is 0. The van der Waals surface area contributed by atoms with E-state index in [0.717, 1.165) is 4.47 Å². The van der Waals surface area contributed by atoms with E-state index in [0.29, 0.717) is 23.1 Å². The number of carbonyl (C=O) groups is 2. The molecule has 6 heteroatoms. The van der Waals surface area contributed by atoms with Gasteiger partial charge in [0.15, 0.2) is 5.54 Å². The maximum Gasteiger partial charge on any atom is 0.345 e. The lowest BCUT2D eigenvalue weighted by Gasteiger charge is -2.41. The molecule has 1 atom stereocenters. The SMILES string of the molecule is CC[C@@]1(c2ccc(Br)cc2)C(=O)OC(c2ccccc2)=NN1C(=O)c1ccccc1. The number of ether oxygens (including phenoxy) is 1. The summed E-state index contributed by atoms with van der Waals surface area (Å²) in [5.74, 6) is -0.804. The van der Waals surface area contributed by atoms with Crippen LogP contribution in [0.1, 0.15) is 34.8 Å². The summed E-state index contributed by atoms with van der Waals surface area (Å²) < 4.78 is 6.56. The zero-order valence-electron chi connectivity index (χ0n) is 16.3. The van der Waals surface area contributed by atoms with Crippen molar-refractivity contribution in [1.82, 2.24) is 5.01 Å². The molecule has 1 aliphatic rings. The molecule has 150 valence electrons. The minimum atomic E-state index is -1.37. The van der Waals surface area contributed by atoms with E-state index in [1.165, 1.54) is 5.01 Å². The predicted octanol–water partition coefficient (Wildman–Crippen LogP) is 5.12. The van der Waals surface area contributed by atoms with Gasteiger partial charge in [-0.25, -0.2) is 9.80 Å². The third-order valence-corrected chi connectivity index (χ3v) is 5.68. The zero-order chi connectivity index (χ0) is 21.1. The Morgan fingerprint density at radius 2 is 1.57 bits per heavy atom. The highest BCUT2D eigenvalue weighted by Crippen LogP contribution is 2.39. The van der Waals surface area contributed by atoms with Crippen molar-refractivity contribution in [2.24, 2.45) is 5.10 Å². The monoisotopic (exact) mass is 462 g/mol. The van der Waals surface area contributed by atoms with Gasteiger partial charge >= 0.3 is 5.97 Å². The first-order chi connectivity index (χ1) is 14.6. The highest BCUT2D eigenvalue weighted by atomic mass is 79.9. The molecule has 0 saturated carbocycles. The Morgan fingerprint density at radius 3 is 2.17 bits per heavy atom. The fourth-order valence-electron chi connectivity index (χ4n) is 3.54. The van der Waals surface area contributed by atoms with Gasteiger partial charge in [-0.05, 0) is 48.4 Å². The lowest BCUT2D eigenvalue weighted by atomic mass is 9.85. The van der Waals surface area contributed by atoms with Crippen molar-refractivity contribution in [3.63, 3.8) is 0 Å². The summed E-state index contributed by atoms with van der Waals surface area (Å²) in [6.07, 6.45) is 0.303. The number of amides is 1. The second kappa shape index (κ2) is 8.24. The van der Waals surface area contributed by atoms with E-state index in [2.05, 4.69) is 21.0 Å². The van der Waals surface area contributed by atoms with Crippen LogP contribution in [0.5, 0.6) is 0 Å². The van der Waals surface area contributed by atoms with Crippen LogP contribution in [0, 0.1) is 0 Å². The molecule has 0 radical (unpaired) electrons. The lowest BCUT2D eigenvalue weighted by molar-refractivity contribution is -0.152. The van der Waals surface area contributed by atoms with Gasteiger partial charge in [0, 0.05) is 15.6 Å². The molecule has 1 amide bonds. The summed E-state index contributed by atoms with van der Waals surface area (Å²) >= 11 is 3.42. The molecular weight excluding hydrogens is 444 g/mol. The molecule has 0 aromatic heterocycles. The van der Waals surface area contributed by atoms with Gasteiger partial charge in [0.1, 0.15) is 0 Å². The number of nitrogens with zero attached hydrogens (tertiary/aromatic N) is 2. The van der Waals surface area contributed by atoms with Crippen LogP contribution >= 0.6 is 15.9 Å². The summed E-state index contributed by atoms with van der Waals surface area (Å²) in [5, 5.41) is 5.83. The number of carbonyl (C=O) groups excluding carboxylic acids is 2. The van der Waals surface area contributed by atoms with E-state index >= 15 is 0 Å². The largest absolute Gasteiger partial charge is 0.403 e. The molecule has 30 heavy (non-hydrogen) atoms. The van der Waals surface area contributed by atoms with Crippen LogP contribution < -0.4 is 0 Å². The molecule has 4 rings (SSSR count). The van der Waals surface area contributed by atoms with Crippen LogP contribution in [0.3, 0.4) is 0 Å². The van der Waals surface area contributed by atoms with E-state index < -0.39 is 11.5 Å². The normalized spacial score (nSPS) is 18.5. The van der Waals surface area contributed by atoms with Crippen molar-refractivity contribution in [3.8, 4) is 0 Å². The molecular formula is C24H19BrN2O3. The summed E-state index contributed by atoms with van der Waals surface area (Å²) in [4.78, 5) is 27.0. The Kier molecular flexibility index (Phi) is 5.50. The van der Waals surface area contributed by atoms with E-state index in [1.54, 1.807) is 36.4 Å². The number of benzene rings is 3. The smallest absolute Gasteiger partial charge is 0.345 e. The number of hydrazone groups is 1. The molecule has 0 saturated heterocycles. The van der Waals surface area contributed by atoms with Gasteiger partial charge in [-0.3, -0.25) is 4.79 Å². The zero-order valence-corrected chi connectivity index (χ0v) is 17.9. The standard InChI is InChI=1S/C24H19BrN2O3/c1-2-24(19-13-15-20(25)16-14-19)23(29)30-21(17-9-5-3-6-10-17)26-27(24)22(28)18-11-7-4-8-12-18/h3-16H,2H2,1H3/t24-/m1/s1. The molecule has 0 aliphatic carbocycles. The lowest BCUT2D eigenvalue weighted by Crippen LogP contribution is -2.56. The minimum Gasteiger partial charge on any atom is -0.403 e. The Labute approximate surface area is 183 Å². The van der Waals surface area contributed by atoms with Crippen molar-refractivity contribution in [2.45, 2.75) is 18.9 Å². The van der Waals surface area contributed by atoms with Gasteiger partial charge in [0.05, 0.1) is 0 Å². The van der Waals surface area contributed by atoms with E-state index in [9.17, 15) is 9.59 Å². The van der Waals surface area contributed by atoms with Gasteiger partial charge in [0.25, 0.3) is 5.91 Å². The fraction of sp³-hybridized carbons (Fsp3) is 0.125. The second-order valence-corrected chi connectivity index (χ2v) is 7.78. The van der Waals surface area contributed by atoms with Crippen LogP contribution in [-0.4, -0.2) is 22.8 Å². The third kappa shape index (κ3) is 3.44. The molecule has 0 bridgehead atoms. The van der Waals surface area contributed by atoms with E-state index in [4.69, 9.17) is 4.74 Å². The van der Waals surface area contributed by atoms with Crippen LogP contribution in [0.4, 0.5) is 0 Å². The quantitative estimate of drug-likeness (QED) is 0.505. The van der Waals surface area contributed by atoms with Crippen molar-refractivity contribution in [1.29, 1.82) is 0 Å². The van der Waals surface area contributed by atoms with Crippen LogP contribution in [0.2, 0.25) is 0 Å². The summed E-state index contributed by atoms with van der Waals surface area (Å²) in [5.41, 5.74) is 0.334. The summed E-state index contributed by atoms with van der Waals surface area (Å²) in [6.45, 7) is 1.84. The summed E-state index contributed by atoms with van der Waals surface area (Å²) in [6, 6.07) is 25.2. The number of cyclic esters (lactones) is 1. The molecule has 0 spiro atoms. The predicted molar refractivity (Wildman–Crippen MR) is 118 cm³/mol. The fourth-order valence-corrected chi connectivity index (χ4v) is 3.80. The van der Waals surface area contributed by atoms with Crippen molar-refractivity contribution < 1.29 is 14.3 Å². The van der Waals surface area contributed by atoms with Crippen LogP contribution in [-0.2, 0) is 15.1 Å². The molecule has 3 aromatic carbocycles. The second-order valence-electron chi connectivity index (χ2n) is 6.86. The highest BCUT2D eigenvalue weighted by Gasteiger charge is 2.52. The number of rotatable bonds is 4. The minimum absolute atomic E-state index is 0.103. The van der Waals surface area contributed by atoms with Gasteiger partial charge in [-0.1, -0.05) is 71.4 Å². The van der Waals surface area contributed by atoms with Gasteiger partial charge in [0.2, 0.25) is 5.90 Å². The Hall–Kier alpha value is -3.25. The molecule has 1 heterocycles. The maximum absolute atomic E-state index is 13.5. The first kappa shape index (κ1) is 20.0. The van der Waals surface area contributed by atoms with Gasteiger partial charge in [-0.15, -0.1) is 5.10 Å². The number of halogens is 1. The maximum atomic E-state index is 13.5. The Balaban J connectivity index is 1.91. The van der Waals surface area contributed by atoms with Gasteiger partial charge < -0.3 is 4.74 Å². The van der Waals surface area contributed by atoms with Crippen LogP contribution in [0.15, 0.2) is 94.5 Å². The number of hydrogen-bond acceptors (Lipinski definition) is 4. The first-order valence-corrected chi connectivity index (χ1v) is 10.4. The molecule has 0 fully saturated rings. The third-order valence-electron chi connectivity index (χ3n) is 5.15. The highest BCUT2D eigenvalue weighted by molar-refractivity contribution is 9.10. The van der Waals surface area contributed by atoms with Gasteiger partial charge in [-0.2, -0.15) is 0 Å². The van der Waals surface area contributed by atoms with E-state index in [1.807, 2.05) is 55.5 Å². The molecule has 0 N–H and O–H groups in total. The van der Waals surface area contributed by atoms with Crippen LogP contribution in [0.25, 0.3) is 0 Å². The average Bonchev–Trinajstić information content (AvgIpc) is 2.80. The first-order valence-electron chi connectivity index (χ1n) is 9.58. The van der Waals surface area contributed by atoms with Crippen molar-refractivity contribution >= 4 is 33.7 Å². The molecule has 3 aromatic rings. The topological polar surface area (TPSA) is 59.0 Å². The average molecular weight is 463 g/mol. The Bertz CT molecular complexity index is 1100. The Morgan fingerprint density at radius 1 is 0.967 bits per heavy atom. The van der Waals surface area contributed by atoms with Crippen molar-refractivity contribution in [2.75, 3.05) is 0 Å². The van der Waals surface area contributed by atoms with E-state index in [-0.39, 0.29) is 11.8 Å². The molecule has 1 aliphatic heterocycles. The molecule has 5 nitrogen and oxygen atoms in total. The number of esters is 1. The molecule has 0 unspecified atom stereocenters.